The molecule has 8 aromatic rings. The normalized spacial score (nSPS) is 12.2. The molecule has 0 atom stereocenters. The van der Waals surface area contributed by atoms with E-state index in [2.05, 4.69) is 83.4 Å². The molecule has 0 fully saturated rings. The van der Waals surface area contributed by atoms with Gasteiger partial charge in [0.05, 0.1) is 22.1 Å². The Labute approximate surface area is 188 Å². The molecule has 0 saturated carbocycles. The van der Waals surface area contributed by atoms with Crippen LogP contribution in [0.2, 0.25) is 0 Å². The SMILES string of the molecule is c1ccc2c(c1)oc1c(-n3c4cccc5oc6ccccc6c6cccc3c6c54)cccc12. The fourth-order valence-electron chi connectivity index (χ4n) is 5.45. The van der Waals surface area contributed by atoms with Crippen LogP contribution in [-0.2, 0) is 0 Å². The molecule has 154 valence electrons. The van der Waals surface area contributed by atoms with Crippen molar-refractivity contribution in [1.82, 2.24) is 4.57 Å². The van der Waals surface area contributed by atoms with Crippen LogP contribution < -0.4 is 0 Å². The van der Waals surface area contributed by atoms with Gasteiger partial charge in [0.25, 0.3) is 0 Å². The zero-order valence-electron chi connectivity index (χ0n) is 17.6. The van der Waals surface area contributed by atoms with Crippen LogP contribution in [0.25, 0.3) is 71.4 Å². The molecule has 0 aliphatic carbocycles. The van der Waals surface area contributed by atoms with Gasteiger partial charge in [-0.05, 0) is 41.8 Å². The van der Waals surface area contributed by atoms with Crippen molar-refractivity contribution in [2.75, 3.05) is 0 Å². The summed E-state index contributed by atoms with van der Waals surface area (Å²) in [5, 5.41) is 6.90. The van der Waals surface area contributed by atoms with Crippen molar-refractivity contribution in [3.8, 4) is 5.69 Å². The molecule has 5 aromatic carbocycles. The molecule has 0 N–H and O–H groups in total. The second-order valence-corrected chi connectivity index (χ2v) is 8.54. The van der Waals surface area contributed by atoms with E-state index in [0.29, 0.717) is 0 Å². The smallest absolute Gasteiger partial charge is 0.159 e. The number of aromatic nitrogens is 1. The quantitative estimate of drug-likeness (QED) is 0.265. The molecular weight excluding hydrogens is 406 g/mol. The third kappa shape index (κ3) is 2.14. The molecule has 3 nitrogen and oxygen atoms in total. The van der Waals surface area contributed by atoms with Gasteiger partial charge in [-0.2, -0.15) is 0 Å². The zero-order valence-corrected chi connectivity index (χ0v) is 17.6. The van der Waals surface area contributed by atoms with E-state index < -0.39 is 0 Å². The van der Waals surface area contributed by atoms with Gasteiger partial charge in [0, 0.05) is 21.5 Å². The molecule has 0 aliphatic rings. The van der Waals surface area contributed by atoms with E-state index in [1.165, 1.54) is 10.8 Å². The zero-order chi connectivity index (χ0) is 21.5. The van der Waals surface area contributed by atoms with E-state index in [1.807, 2.05) is 24.3 Å². The Morgan fingerprint density at radius 3 is 1.85 bits per heavy atom. The molecule has 8 rings (SSSR count). The Kier molecular flexibility index (Phi) is 3.14. The molecule has 0 amide bonds. The molecule has 0 aliphatic heterocycles. The fraction of sp³-hybridized carbons (Fsp3) is 0. The van der Waals surface area contributed by atoms with E-state index in [1.54, 1.807) is 0 Å². The standard InChI is InChI=1S/C30H17NO2/c1-3-15-25-18(8-1)20-10-5-12-22-28(20)29-23(13-7-17-27(29)32-25)31(22)24-14-6-11-21-19-9-2-4-16-26(19)33-30(21)24/h1-17H. The van der Waals surface area contributed by atoms with Crippen LogP contribution in [0.5, 0.6) is 0 Å². The number of para-hydroxylation sites is 3. The van der Waals surface area contributed by atoms with Crippen LogP contribution in [0.1, 0.15) is 0 Å². The summed E-state index contributed by atoms with van der Waals surface area (Å²) in [6.07, 6.45) is 0. The number of hydrogen-bond acceptors (Lipinski definition) is 2. The van der Waals surface area contributed by atoms with Crippen molar-refractivity contribution in [2.45, 2.75) is 0 Å². The topological polar surface area (TPSA) is 31.2 Å². The van der Waals surface area contributed by atoms with Crippen molar-refractivity contribution in [1.29, 1.82) is 0 Å². The van der Waals surface area contributed by atoms with E-state index in [0.717, 1.165) is 60.6 Å². The lowest BCUT2D eigenvalue weighted by Gasteiger charge is -2.09. The largest absolute Gasteiger partial charge is 0.456 e. The van der Waals surface area contributed by atoms with Crippen LogP contribution in [0.4, 0.5) is 0 Å². The predicted molar refractivity (Wildman–Crippen MR) is 135 cm³/mol. The summed E-state index contributed by atoms with van der Waals surface area (Å²) >= 11 is 0. The molecule has 0 bridgehead atoms. The molecule has 3 aromatic heterocycles. The van der Waals surface area contributed by atoms with Gasteiger partial charge < -0.3 is 13.4 Å². The second-order valence-electron chi connectivity index (χ2n) is 8.54. The number of furan rings is 1. The highest BCUT2D eigenvalue weighted by molar-refractivity contribution is 6.27. The van der Waals surface area contributed by atoms with E-state index >= 15 is 0 Å². The first-order valence-electron chi connectivity index (χ1n) is 11.1. The van der Waals surface area contributed by atoms with Gasteiger partial charge in [-0.25, -0.2) is 0 Å². The van der Waals surface area contributed by atoms with Crippen LogP contribution in [0.3, 0.4) is 0 Å². The first-order chi connectivity index (χ1) is 16.4. The lowest BCUT2D eigenvalue weighted by atomic mass is 10.1. The first-order valence-corrected chi connectivity index (χ1v) is 11.1. The van der Waals surface area contributed by atoms with Gasteiger partial charge in [0.2, 0.25) is 0 Å². The summed E-state index contributed by atoms with van der Waals surface area (Å²) in [6.45, 7) is 0. The van der Waals surface area contributed by atoms with Gasteiger partial charge in [-0.1, -0.05) is 66.7 Å². The maximum absolute atomic E-state index is 6.47. The summed E-state index contributed by atoms with van der Waals surface area (Å²) in [6, 6.07) is 35.7. The molecule has 0 unspecified atom stereocenters. The minimum absolute atomic E-state index is 0.880. The monoisotopic (exact) mass is 423 g/mol. The number of rotatable bonds is 1. The van der Waals surface area contributed by atoms with E-state index in [4.69, 9.17) is 8.83 Å². The van der Waals surface area contributed by atoms with Crippen LogP contribution in [0.15, 0.2) is 112 Å². The highest BCUT2D eigenvalue weighted by atomic mass is 16.3. The highest BCUT2D eigenvalue weighted by Gasteiger charge is 2.20. The summed E-state index contributed by atoms with van der Waals surface area (Å²) in [4.78, 5) is 0. The van der Waals surface area contributed by atoms with Crippen LogP contribution in [0, 0.1) is 0 Å². The summed E-state index contributed by atoms with van der Waals surface area (Å²) < 4.78 is 15.2. The average Bonchev–Trinajstić information content (AvgIpc) is 3.36. The minimum Gasteiger partial charge on any atom is -0.456 e. The summed E-state index contributed by atoms with van der Waals surface area (Å²) in [5.74, 6) is 0. The number of fused-ring (bicyclic) bond motifs is 5. The molecular formula is C30H17NO2. The van der Waals surface area contributed by atoms with Crippen molar-refractivity contribution < 1.29 is 8.83 Å². The molecule has 33 heavy (non-hydrogen) atoms. The lowest BCUT2D eigenvalue weighted by Crippen LogP contribution is -1.94. The van der Waals surface area contributed by atoms with Crippen molar-refractivity contribution in [3.05, 3.63) is 103 Å². The Morgan fingerprint density at radius 1 is 0.424 bits per heavy atom. The molecule has 3 heterocycles. The van der Waals surface area contributed by atoms with Crippen molar-refractivity contribution in [3.63, 3.8) is 0 Å². The molecule has 3 heteroatoms. The summed E-state index contributed by atoms with van der Waals surface area (Å²) in [7, 11) is 0. The van der Waals surface area contributed by atoms with Crippen LogP contribution in [-0.4, -0.2) is 4.57 Å². The van der Waals surface area contributed by atoms with Gasteiger partial charge in [-0.15, -0.1) is 0 Å². The third-order valence-electron chi connectivity index (χ3n) is 6.80. The third-order valence-corrected chi connectivity index (χ3v) is 6.80. The highest BCUT2D eigenvalue weighted by Crippen LogP contribution is 2.42. The Balaban J connectivity index is 1.64. The maximum Gasteiger partial charge on any atom is 0.159 e. The van der Waals surface area contributed by atoms with E-state index in [-0.39, 0.29) is 0 Å². The first kappa shape index (κ1) is 17.1. The summed E-state index contributed by atoms with van der Waals surface area (Å²) in [5.41, 5.74) is 6.85. The molecule has 0 saturated heterocycles. The molecule has 0 radical (unpaired) electrons. The molecule has 0 spiro atoms. The van der Waals surface area contributed by atoms with Gasteiger partial charge in [0.1, 0.15) is 16.7 Å². The van der Waals surface area contributed by atoms with Gasteiger partial charge in [0.15, 0.2) is 5.58 Å². The fourth-order valence-corrected chi connectivity index (χ4v) is 5.45. The average molecular weight is 423 g/mol. The lowest BCUT2D eigenvalue weighted by molar-refractivity contribution is 0.663. The van der Waals surface area contributed by atoms with Gasteiger partial charge in [-0.3, -0.25) is 0 Å². The number of nitrogens with zero attached hydrogens (tertiary/aromatic N) is 1. The van der Waals surface area contributed by atoms with Crippen molar-refractivity contribution in [2.24, 2.45) is 0 Å². The number of hydrogen-bond donors (Lipinski definition) is 0. The Bertz CT molecular complexity index is 2030. The minimum atomic E-state index is 0.880. The van der Waals surface area contributed by atoms with Crippen molar-refractivity contribution >= 4 is 65.7 Å². The van der Waals surface area contributed by atoms with E-state index in [9.17, 15) is 0 Å². The Hall–Kier alpha value is -4.50. The second kappa shape index (κ2) is 6.05. The van der Waals surface area contributed by atoms with Gasteiger partial charge >= 0.3 is 0 Å². The van der Waals surface area contributed by atoms with Crippen LogP contribution >= 0.6 is 0 Å². The number of benzene rings is 5. The Morgan fingerprint density at radius 2 is 1.00 bits per heavy atom. The maximum atomic E-state index is 6.47. The predicted octanol–water partition coefficient (Wildman–Crippen LogP) is 8.58.